The third-order valence-corrected chi connectivity index (χ3v) is 2.70. The van der Waals surface area contributed by atoms with Crippen molar-refractivity contribution in [3.63, 3.8) is 0 Å². The molecule has 0 fully saturated rings. The summed E-state index contributed by atoms with van der Waals surface area (Å²) in [6.45, 7) is 3.95. The van der Waals surface area contributed by atoms with Crippen molar-refractivity contribution in [2.24, 2.45) is 10.9 Å². The Bertz CT molecular complexity index is 624. The molecule has 98 valence electrons. The molecule has 5 nitrogen and oxygen atoms in total. The van der Waals surface area contributed by atoms with Gasteiger partial charge in [0.05, 0.1) is 0 Å². The van der Waals surface area contributed by atoms with Gasteiger partial charge in [-0.25, -0.2) is 4.98 Å². The number of nitrogens with zero attached hydrogens (tertiary/aromatic N) is 2. The third kappa shape index (κ3) is 3.01. The van der Waals surface area contributed by atoms with Gasteiger partial charge in [0.25, 0.3) is 0 Å². The van der Waals surface area contributed by atoms with Crippen molar-refractivity contribution in [1.82, 2.24) is 4.98 Å². The highest BCUT2D eigenvalue weighted by molar-refractivity contribution is 5.97. The number of benzene rings is 1. The summed E-state index contributed by atoms with van der Waals surface area (Å²) < 4.78 is 5.72. The minimum atomic E-state index is 0.0215. The van der Waals surface area contributed by atoms with E-state index in [1.54, 1.807) is 18.3 Å². The van der Waals surface area contributed by atoms with Gasteiger partial charge in [0.15, 0.2) is 5.84 Å². The van der Waals surface area contributed by atoms with Gasteiger partial charge < -0.3 is 15.7 Å². The summed E-state index contributed by atoms with van der Waals surface area (Å²) in [5.41, 5.74) is 8.20. The Morgan fingerprint density at radius 2 is 2.05 bits per heavy atom. The third-order valence-electron chi connectivity index (χ3n) is 2.70. The molecule has 0 amide bonds. The number of rotatable bonds is 3. The van der Waals surface area contributed by atoms with Crippen LogP contribution < -0.4 is 10.5 Å². The zero-order valence-corrected chi connectivity index (χ0v) is 10.8. The second kappa shape index (κ2) is 5.39. The highest BCUT2D eigenvalue weighted by Crippen LogP contribution is 2.24. The molecule has 0 atom stereocenters. The molecule has 5 heteroatoms. The van der Waals surface area contributed by atoms with Crippen LogP contribution in [-0.4, -0.2) is 16.0 Å². The summed E-state index contributed by atoms with van der Waals surface area (Å²) in [4.78, 5) is 4.11. The number of aromatic nitrogens is 1. The second-order valence-corrected chi connectivity index (χ2v) is 4.24. The van der Waals surface area contributed by atoms with Crippen LogP contribution in [0.25, 0.3) is 0 Å². The van der Waals surface area contributed by atoms with Gasteiger partial charge in [-0.1, -0.05) is 17.3 Å². The van der Waals surface area contributed by atoms with Crippen LogP contribution in [0.4, 0.5) is 0 Å². The normalized spacial score (nSPS) is 11.4. The molecule has 1 heterocycles. The van der Waals surface area contributed by atoms with Crippen molar-refractivity contribution in [3.8, 4) is 11.6 Å². The fourth-order valence-electron chi connectivity index (χ4n) is 1.61. The van der Waals surface area contributed by atoms with E-state index in [2.05, 4.69) is 10.1 Å². The van der Waals surface area contributed by atoms with Crippen molar-refractivity contribution in [1.29, 1.82) is 0 Å². The predicted octanol–water partition coefficient (Wildman–Crippen LogP) is 2.59. The van der Waals surface area contributed by atoms with Crippen LogP contribution in [0, 0.1) is 13.8 Å². The number of nitrogens with two attached hydrogens (primary N) is 1. The molecule has 0 radical (unpaired) electrons. The number of amidine groups is 1. The van der Waals surface area contributed by atoms with E-state index < -0.39 is 0 Å². The first kappa shape index (κ1) is 12.9. The fraction of sp³-hybridized carbons (Fsp3) is 0.143. The molecule has 0 aliphatic carbocycles. The maximum absolute atomic E-state index is 8.65. The van der Waals surface area contributed by atoms with Crippen LogP contribution in [0.15, 0.2) is 41.7 Å². The van der Waals surface area contributed by atoms with Crippen molar-refractivity contribution in [2.45, 2.75) is 13.8 Å². The standard InChI is InChI=1S/C14H15N3O2/c1-9-3-4-10(2)12(7-9)19-13-8-11(5-6-16-13)14(15)17-18/h3-8,18H,1-2H3,(H2,15,17). The molecule has 0 unspecified atom stereocenters. The van der Waals surface area contributed by atoms with E-state index >= 15 is 0 Å². The topological polar surface area (TPSA) is 80.7 Å². The Morgan fingerprint density at radius 3 is 2.79 bits per heavy atom. The van der Waals surface area contributed by atoms with Gasteiger partial charge in [-0.3, -0.25) is 0 Å². The average molecular weight is 257 g/mol. The molecule has 1 aromatic carbocycles. The van der Waals surface area contributed by atoms with Gasteiger partial charge in [0, 0.05) is 17.8 Å². The Kier molecular flexibility index (Phi) is 3.66. The zero-order valence-electron chi connectivity index (χ0n) is 10.8. The molecule has 0 aliphatic heterocycles. The van der Waals surface area contributed by atoms with Crippen LogP contribution in [0.1, 0.15) is 16.7 Å². The summed E-state index contributed by atoms with van der Waals surface area (Å²) in [6, 6.07) is 9.20. The summed E-state index contributed by atoms with van der Waals surface area (Å²) in [7, 11) is 0. The highest BCUT2D eigenvalue weighted by atomic mass is 16.5. The Balaban J connectivity index is 2.31. The molecule has 19 heavy (non-hydrogen) atoms. The van der Waals surface area contributed by atoms with E-state index in [1.165, 1.54) is 0 Å². The van der Waals surface area contributed by atoms with Gasteiger partial charge >= 0.3 is 0 Å². The first-order chi connectivity index (χ1) is 9.10. The molecule has 0 aliphatic rings. The van der Waals surface area contributed by atoms with E-state index in [0.717, 1.165) is 16.9 Å². The maximum Gasteiger partial charge on any atom is 0.219 e. The number of ether oxygens (including phenoxy) is 1. The summed E-state index contributed by atoms with van der Waals surface area (Å²) >= 11 is 0. The number of hydrogen-bond donors (Lipinski definition) is 2. The molecule has 0 bridgehead atoms. The maximum atomic E-state index is 8.65. The van der Waals surface area contributed by atoms with Crippen molar-refractivity contribution >= 4 is 5.84 Å². The molecule has 0 spiro atoms. The van der Waals surface area contributed by atoms with Crippen LogP contribution in [0.2, 0.25) is 0 Å². The fourth-order valence-corrected chi connectivity index (χ4v) is 1.61. The predicted molar refractivity (Wildman–Crippen MR) is 72.7 cm³/mol. The number of hydrogen-bond acceptors (Lipinski definition) is 4. The Hall–Kier alpha value is -2.56. The van der Waals surface area contributed by atoms with Crippen LogP contribution in [0.5, 0.6) is 11.6 Å². The summed E-state index contributed by atoms with van der Waals surface area (Å²) in [5, 5.41) is 11.6. The van der Waals surface area contributed by atoms with Crippen molar-refractivity contribution < 1.29 is 9.94 Å². The lowest BCUT2D eigenvalue weighted by molar-refractivity contribution is 0.318. The molecular weight excluding hydrogens is 242 g/mol. The van der Waals surface area contributed by atoms with E-state index in [9.17, 15) is 0 Å². The van der Waals surface area contributed by atoms with Crippen molar-refractivity contribution in [2.75, 3.05) is 0 Å². The van der Waals surface area contributed by atoms with E-state index in [-0.39, 0.29) is 5.84 Å². The van der Waals surface area contributed by atoms with Crippen LogP contribution >= 0.6 is 0 Å². The number of pyridine rings is 1. The lowest BCUT2D eigenvalue weighted by Crippen LogP contribution is -2.13. The number of oxime groups is 1. The van der Waals surface area contributed by atoms with Crippen LogP contribution in [0.3, 0.4) is 0 Å². The van der Waals surface area contributed by atoms with Gasteiger partial charge in [-0.2, -0.15) is 0 Å². The number of aryl methyl sites for hydroxylation is 2. The molecule has 1 aromatic heterocycles. The first-order valence-corrected chi connectivity index (χ1v) is 5.79. The quantitative estimate of drug-likeness (QED) is 0.383. The van der Waals surface area contributed by atoms with Crippen LogP contribution in [-0.2, 0) is 0 Å². The molecule has 3 N–H and O–H groups in total. The van der Waals surface area contributed by atoms with Gasteiger partial charge in [0.1, 0.15) is 5.75 Å². The highest BCUT2D eigenvalue weighted by Gasteiger charge is 2.06. The van der Waals surface area contributed by atoms with Gasteiger partial charge in [0.2, 0.25) is 5.88 Å². The van der Waals surface area contributed by atoms with Gasteiger partial charge in [-0.05, 0) is 37.1 Å². The lowest BCUT2D eigenvalue weighted by atomic mass is 10.1. The average Bonchev–Trinajstić information content (AvgIpc) is 2.42. The molecule has 2 aromatic rings. The molecule has 0 saturated carbocycles. The SMILES string of the molecule is Cc1ccc(C)c(Oc2cc(/C(N)=N/O)ccn2)c1. The Morgan fingerprint density at radius 1 is 1.26 bits per heavy atom. The van der Waals surface area contributed by atoms with E-state index in [1.807, 2.05) is 32.0 Å². The minimum Gasteiger partial charge on any atom is -0.439 e. The first-order valence-electron chi connectivity index (χ1n) is 5.79. The second-order valence-electron chi connectivity index (χ2n) is 4.24. The summed E-state index contributed by atoms with van der Waals surface area (Å²) in [6.07, 6.45) is 1.55. The zero-order chi connectivity index (χ0) is 13.8. The molecular formula is C14H15N3O2. The molecule has 0 saturated heterocycles. The van der Waals surface area contributed by atoms with Crippen molar-refractivity contribution in [3.05, 3.63) is 53.2 Å². The smallest absolute Gasteiger partial charge is 0.219 e. The molecule has 2 rings (SSSR count). The van der Waals surface area contributed by atoms with E-state index in [4.69, 9.17) is 15.7 Å². The largest absolute Gasteiger partial charge is 0.439 e. The lowest BCUT2D eigenvalue weighted by Gasteiger charge is -2.09. The minimum absolute atomic E-state index is 0.0215. The summed E-state index contributed by atoms with van der Waals surface area (Å²) in [5.74, 6) is 1.16. The van der Waals surface area contributed by atoms with E-state index in [0.29, 0.717) is 11.4 Å². The monoisotopic (exact) mass is 257 g/mol. The Labute approximate surface area is 111 Å². The van der Waals surface area contributed by atoms with Gasteiger partial charge in [-0.15, -0.1) is 0 Å².